The van der Waals surface area contributed by atoms with Gasteiger partial charge in [0.25, 0.3) is 0 Å². The van der Waals surface area contributed by atoms with E-state index in [1.807, 2.05) is 50.2 Å². The van der Waals surface area contributed by atoms with Gasteiger partial charge in [-0.3, -0.25) is 4.79 Å². The fraction of sp³-hybridized carbons (Fsp3) is 0.263. The zero-order valence-corrected chi connectivity index (χ0v) is 14.0. The minimum absolute atomic E-state index is 0.00288. The van der Waals surface area contributed by atoms with Gasteiger partial charge >= 0.3 is 0 Å². The van der Waals surface area contributed by atoms with Crippen molar-refractivity contribution in [3.63, 3.8) is 0 Å². The van der Waals surface area contributed by atoms with Crippen LogP contribution in [0.2, 0.25) is 0 Å². The van der Waals surface area contributed by atoms with Gasteiger partial charge in [-0.05, 0) is 36.2 Å². The van der Waals surface area contributed by atoms with E-state index in [-0.39, 0.29) is 5.91 Å². The molecule has 1 heterocycles. The van der Waals surface area contributed by atoms with Crippen LogP contribution in [0.4, 0.5) is 5.69 Å². The van der Waals surface area contributed by atoms with E-state index >= 15 is 0 Å². The lowest BCUT2D eigenvalue weighted by atomic mass is 10.1. The van der Waals surface area contributed by atoms with E-state index in [1.165, 1.54) is 0 Å². The van der Waals surface area contributed by atoms with Gasteiger partial charge in [0, 0.05) is 23.7 Å². The molecule has 24 heavy (non-hydrogen) atoms. The molecule has 0 fully saturated rings. The molecule has 3 rings (SSSR count). The monoisotopic (exact) mass is 324 g/mol. The summed E-state index contributed by atoms with van der Waals surface area (Å²) in [6, 6.07) is 13.0. The average Bonchev–Trinajstić information content (AvgIpc) is 2.97. The predicted molar refractivity (Wildman–Crippen MR) is 94.1 cm³/mol. The minimum Gasteiger partial charge on any atom is -0.497 e. The van der Waals surface area contributed by atoms with Crippen molar-refractivity contribution in [1.82, 2.24) is 4.98 Å². The van der Waals surface area contributed by atoms with Crippen LogP contribution >= 0.6 is 0 Å². The molecular formula is C19H20N2O3. The van der Waals surface area contributed by atoms with Crippen molar-refractivity contribution in [3.8, 4) is 17.2 Å². The molecule has 0 aliphatic heterocycles. The Labute approximate surface area is 140 Å². The van der Waals surface area contributed by atoms with E-state index in [1.54, 1.807) is 13.2 Å². The highest BCUT2D eigenvalue weighted by atomic mass is 16.5. The molecule has 0 aliphatic rings. The first-order valence-electron chi connectivity index (χ1n) is 7.90. The lowest BCUT2D eigenvalue weighted by molar-refractivity contribution is -0.116. The highest BCUT2D eigenvalue weighted by Gasteiger charge is 2.11. The molecule has 0 radical (unpaired) electrons. The fourth-order valence-corrected chi connectivity index (χ4v) is 2.46. The summed E-state index contributed by atoms with van der Waals surface area (Å²) in [7, 11) is 1.62. The normalized spacial score (nSPS) is 11.0. The Morgan fingerprint density at radius 2 is 2.08 bits per heavy atom. The number of carbonyl (C=O) groups excluding carboxylic acids is 1. The number of amides is 1. The van der Waals surface area contributed by atoms with Crippen molar-refractivity contribution in [2.75, 3.05) is 12.4 Å². The van der Waals surface area contributed by atoms with Crippen LogP contribution in [-0.4, -0.2) is 18.0 Å². The second-order valence-electron chi connectivity index (χ2n) is 6.08. The number of oxazole rings is 1. The van der Waals surface area contributed by atoms with Gasteiger partial charge in [0.1, 0.15) is 11.3 Å². The first kappa shape index (κ1) is 16.1. The van der Waals surface area contributed by atoms with Gasteiger partial charge in [-0.15, -0.1) is 0 Å². The smallest absolute Gasteiger partial charge is 0.227 e. The van der Waals surface area contributed by atoms with E-state index in [0.717, 1.165) is 16.8 Å². The number of ether oxygens (including phenoxy) is 1. The van der Waals surface area contributed by atoms with Crippen LogP contribution in [0.5, 0.6) is 5.75 Å². The van der Waals surface area contributed by atoms with Gasteiger partial charge in [0.15, 0.2) is 5.58 Å². The summed E-state index contributed by atoms with van der Waals surface area (Å²) in [5.41, 5.74) is 2.93. The van der Waals surface area contributed by atoms with Gasteiger partial charge in [-0.2, -0.15) is 0 Å². The maximum atomic E-state index is 11.9. The van der Waals surface area contributed by atoms with Crippen molar-refractivity contribution in [2.24, 2.45) is 5.92 Å². The number of nitrogens with zero attached hydrogens (tertiary/aromatic N) is 1. The molecule has 0 saturated carbocycles. The van der Waals surface area contributed by atoms with Crippen LogP contribution in [0.1, 0.15) is 20.3 Å². The Kier molecular flexibility index (Phi) is 4.51. The first-order valence-corrected chi connectivity index (χ1v) is 7.90. The fourth-order valence-electron chi connectivity index (χ4n) is 2.46. The maximum absolute atomic E-state index is 11.9. The number of hydrogen-bond donors (Lipinski definition) is 1. The predicted octanol–water partition coefficient (Wildman–Crippen LogP) is 4.49. The van der Waals surface area contributed by atoms with E-state index in [2.05, 4.69) is 10.3 Å². The third kappa shape index (κ3) is 3.56. The molecule has 1 N–H and O–H groups in total. The highest BCUT2D eigenvalue weighted by Crippen LogP contribution is 2.28. The number of nitrogens with one attached hydrogen (secondary N) is 1. The number of fused-ring (bicyclic) bond motifs is 1. The highest BCUT2D eigenvalue weighted by molar-refractivity contribution is 5.93. The van der Waals surface area contributed by atoms with E-state index in [0.29, 0.717) is 29.5 Å². The molecule has 0 aliphatic carbocycles. The van der Waals surface area contributed by atoms with Gasteiger partial charge in [0.2, 0.25) is 11.8 Å². The van der Waals surface area contributed by atoms with E-state index < -0.39 is 0 Å². The SMILES string of the molecule is COc1cccc(-c2nc3ccc(NC(=O)CC(C)C)cc3o2)c1. The zero-order chi connectivity index (χ0) is 17.1. The van der Waals surface area contributed by atoms with Crippen molar-refractivity contribution in [2.45, 2.75) is 20.3 Å². The van der Waals surface area contributed by atoms with Crippen LogP contribution < -0.4 is 10.1 Å². The molecule has 0 atom stereocenters. The van der Waals surface area contributed by atoms with Crippen LogP contribution in [0.25, 0.3) is 22.6 Å². The van der Waals surface area contributed by atoms with Crippen LogP contribution in [0, 0.1) is 5.92 Å². The second kappa shape index (κ2) is 6.74. The molecule has 124 valence electrons. The summed E-state index contributed by atoms with van der Waals surface area (Å²) >= 11 is 0. The number of benzene rings is 2. The molecular weight excluding hydrogens is 304 g/mol. The standard InChI is InChI=1S/C19H20N2O3/c1-12(2)9-18(22)20-14-7-8-16-17(11-14)24-19(21-16)13-5-4-6-15(10-13)23-3/h4-8,10-12H,9H2,1-3H3,(H,20,22). The second-order valence-corrected chi connectivity index (χ2v) is 6.08. The van der Waals surface area contributed by atoms with Crippen molar-refractivity contribution < 1.29 is 13.9 Å². The quantitative estimate of drug-likeness (QED) is 0.751. The number of anilines is 1. The molecule has 0 bridgehead atoms. The Morgan fingerprint density at radius 1 is 1.25 bits per heavy atom. The van der Waals surface area contributed by atoms with Crippen molar-refractivity contribution in [1.29, 1.82) is 0 Å². The Balaban J connectivity index is 1.87. The van der Waals surface area contributed by atoms with Crippen molar-refractivity contribution >= 4 is 22.7 Å². The molecule has 0 spiro atoms. The lowest BCUT2D eigenvalue weighted by Crippen LogP contribution is -2.13. The van der Waals surface area contributed by atoms with Gasteiger partial charge < -0.3 is 14.5 Å². The van der Waals surface area contributed by atoms with Crippen LogP contribution in [0.3, 0.4) is 0 Å². The van der Waals surface area contributed by atoms with E-state index in [4.69, 9.17) is 9.15 Å². The lowest BCUT2D eigenvalue weighted by Gasteiger charge is -2.06. The maximum Gasteiger partial charge on any atom is 0.227 e. The van der Waals surface area contributed by atoms with Gasteiger partial charge in [0.05, 0.1) is 7.11 Å². The summed E-state index contributed by atoms with van der Waals surface area (Å²) < 4.78 is 11.1. The summed E-state index contributed by atoms with van der Waals surface area (Å²) in [6.07, 6.45) is 0.490. The van der Waals surface area contributed by atoms with Crippen molar-refractivity contribution in [3.05, 3.63) is 42.5 Å². The summed E-state index contributed by atoms with van der Waals surface area (Å²) in [5.74, 6) is 1.58. The molecule has 5 nitrogen and oxygen atoms in total. The largest absolute Gasteiger partial charge is 0.497 e. The number of carbonyl (C=O) groups is 1. The molecule has 3 aromatic rings. The zero-order valence-electron chi connectivity index (χ0n) is 14.0. The molecule has 2 aromatic carbocycles. The van der Waals surface area contributed by atoms with Crippen LogP contribution in [-0.2, 0) is 4.79 Å². The summed E-state index contributed by atoms with van der Waals surface area (Å²) in [6.45, 7) is 4.03. The third-order valence-corrected chi connectivity index (χ3v) is 3.58. The molecule has 5 heteroatoms. The molecule has 0 saturated heterocycles. The average molecular weight is 324 g/mol. The Bertz CT molecular complexity index is 868. The summed E-state index contributed by atoms with van der Waals surface area (Å²) in [5, 5.41) is 2.89. The number of aromatic nitrogens is 1. The topological polar surface area (TPSA) is 64.4 Å². The third-order valence-electron chi connectivity index (χ3n) is 3.58. The number of methoxy groups -OCH3 is 1. The Hall–Kier alpha value is -2.82. The molecule has 1 amide bonds. The van der Waals surface area contributed by atoms with E-state index in [9.17, 15) is 4.79 Å². The van der Waals surface area contributed by atoms with Gasteiger partial charge in [-0.1, -0.05) is 19.9 Å². The minimum atomic E-state index is -0.00288. The summed E-state index contributed by atoms with van der Waals surface area (Å²) in [4.78, 5) is 16.4. The first-order chi connectivity index (χ1) is 11.5. The van der Waals surface area contributed by atoms with Gasteiger partial charge in [-0.25, -0.2) is 4.98 Å². The number of rotatable bonds is 5. The molecule has 1 aromatic heterocycles. The Morgan fingerprint density at radius 3 is 2.83 bits per heavy atom. The molecule has 0 unspecified atom stereocenters. The number of hydrogen-bond acceptors (Lipinski definition) is 4. The van der Waals surface area contributed by atoms with Crippen LogP contribution in [0.15, 0.2) is 46.9 Å².